The van der Waals surface area contributed by atoms with Gasteiger partial charge in [0, 0.05) is 0 Å². The molecule has 0 aliphatic heterocycles. The molecule has 2 aromatic carbocycles. The molecule has 1 unspecified atom stereocenters. The molecule has 1 atom stereocenters. The first-order chi connectivity index (χ1) is 8.61. The molecule has 1 aliphatic carbocycles. The SMILES string of the molecule is OC1(c2ccc(F)cc2)CCc2c(F)cccc21. The molecule has 3 rings (SSSR count). The number of fused-ring (bicyclic) bond motifs is 1. The Morgan fingerprint density at radius 2 is 1.72 bits per heavy atom. The van der Waals surface area contributed by atoms with Gasteiger partial charge in [-0.1, -0.05) is 24.3 Å². The van der Waals surface area contributed by atoms with Crippen LogP contribution in [0, 0.1) is 11.6 Å². The van der Waals surface area contributed by atoms with Crippen LogP contribution < -0.4 is 0 Å². The maximum atomic E-state index is 13.6. The summed E-state index contributed by atoms with van der Waals surface area (Å²) in [6.45, 7) is 0. The fourth-order valence-corrected chi connectivity index (χ4v) is 2.67. The van der Waals surface area contributed by atoms with Crippen LogP contribution in [0.4, 0.5) is 8.78 Å². The fraction of sp³-hybridized carbons (Fsp3) is 0.200. The number of aliphatic hydroxyl groups is 1. The fourth-order valence-electron chi connectivity index (χ4n) is 2.67. The molecule has 2 aromatic rings. The molecular weight excluding hydrogens is 234 g/mol. The standard InChI is InChI=1S/C15H12F2O/c16-11-6-4-10(5-7-11)15(18)9-8-12-13(15)2-1-3-14(12)17/h1-7,18H,8-9H2. The van der Waals surface area contributed by atoms with E-state index in [9.17, 15) is 13.9 Å². The molecule has 0 heterocycles. The molecule has 0 aromatic heterocycles. The van der Waals surface area contributed by atoms with E-state index >= 15 is 0 Å². The highest BCUT2D eigenvalue weighted by Crippen LogP contribution is 2.42. The van der Waals surface area contributed by atoms with Crippen molar-refractivity contribution in [2.45, 2.75) is 18.4 Å². The van der Waals surface area contributed by atoms with E-state index in [0.29, 0.717) is 29.5 Å². The third-order valence-corrected chi connectivity index (χ3v) is 3.62. The Kier molecular flexibility index (Phi) is 2.45. The van der Waals surface area contributed by atoms with E-state index in [2.05, 4.69) is 0 Å². The lowest BCUT2D eigenvalue weighted by atomic mass is 9.88. The molecule has 0 amide bonds. The van der Waals surface area contributed by atoms with Crippen LogP contribution in [0.1, 0.15) is 23.1 Å². The van der Waals surface area contributed by atoms with Crippen molar-refractivity contribution in [2.24, 2.45) is 0 Å². The minimum Gasteiger partial charge on any atom is -0.380 e. The lowest BCUT2D eigenvalue weighted by Gasteiger charge is -2.24. The quantitative estimate of drug-likeness (QED) is 0.819. The topological polar surface area (TPSA) is 20.2 Å². The number of hydrogen-bond acceptors (Lipinski definition) is 1. The maximum Gasteiger partial charge on any atom is 0.126 e. The second-order valence-electron chi connectivity index (χ2n) is 4.63. The van der Waals surface area contributed by atoms with Crippen molar-refractivity contribution < 1.29 is 13.9 Å². The molecule has 0 saturated heterocycles. The molecule has 18 heavy (non-hydrogen) atoms. The van der Waals surface area contributed by atoms with Gasteiger partial charge in [0.15, 0.2) is 0 Å². The van der Waals surface area contributed by atoms with Crippen LogP contribution in [0.15, 0.2) is 42.5 Å². The van der Waals surface area contributed by atoms with Crippen LogP contribution in [0.5, 0.6) is 0 Å². The zero-order valence-corrected chi connectivity index (χ0v) is 9.66. The van der Waals surface area contributed by atoms with E-state index in [4.69, 9.17) is 0 Å². The van der Waals surface area contributed by atoms with E-state index in [-0.39, 0.29) is 11.6 Å². The van der Waals surface area contributed by atoms with Crippen molar-refractivity contribution in [1.82, 2.24) is 0 Å². The summed E-state index contributed by atoms with van der Waals surface area (Å²) in [7, 11) is 0. The van der Waals surface area contributed by atoms with Gasteiger partial charge in [0.1, 0.15) is 17.2 Å². The largest absolute Gasteiger partial charge is 0.380 e. The first kappa shape index (κ1) is 11.4. The van der Waals surface area contributed by atoms with E-state index in [1.807, 2.05) is 0 Å². The lowest BCUT2D eigenvalue weighted by molar-refractivity contribution is 0.0828. The summed E-state index contributed by atoms with van der Waals surface area (Å²) in [6, 6.07) is 10.4. The predicted octanol–water partition coefficient (Wildman–Crippen LogP) is 3.15. The summed E-state index contributed by atoms with van der Waals surface area (Å²) in [6.07, 6.45) is 0.921. The molecule has 1 nitrogen and oxygen atoms in total. The highest BCUT2D eigenvalue weighted by atomic mass is 19.1. The van der Waals surface area contributed by atoms with Crippen molar-refractivity contribution in [2.75, 3.05) is 0 Å². The lowest BCUT2D eigenvalue weighted by Crippen LogP contribution is -2.23. The molecule has 0 radical (unpaired) electrons. The van der Waals surface area contributed by atoms with E-state index in [1.54, 1.807) is 24.3 Å². The van der Waals surface area contributed by atoms with Gasteiger partial charge in [0.2, 0.25) is 0 Å². The van der Waals surface area contributed by atoms with Gasteiger partial charge in [0.05, 0.1) is 0 Å². The average Bonchev–Trinajstić information content (AvgIpc) is 2.71. The minimum absolute atomic E-state index is 0.287. The van der Waals surface area contributed by atoms with Crippen molar-refractivity contribution in [1.29, 1.82) is 0 Å². The van der Waals surface area contributed by atoms with Gasteiger partial charge in [-0.05, 0) is 47.7 Å². The van der Waals surface area contributed by atoms with Gasteiger partial charge in [-0.25, -0.2) is 8.78 Å². The molecule has 0 bridgehead atoms. The summed E-state index contributed by atoms with van der Waals surface area (Å²) in [4.78, 5) is 0. The molecule has 3 heteroatoms. The summed E-state index contributed by atoms with van der Waals surface area (Å²) < 4.78 is 26.6. The van der Waals surface area contributed by atoms with Gasteiger partial charge in [0.25, 0.3) is 0 Å². The first-order valence-corrected chi connectivity index (χ1v) is 5.87. The Balaban J connectivity index is 2.14. The molecule has 92 valence electrons. The summed E-state index contributed by atoms with van der Waals surface area (Å²) in [5.41, 5.74) is 0.553. The van der Waals surface area contributed by atoms with Crippen molar-refractivity contribution >= 4 is 0 Å². The van der Waals surface area contributed by atoms with Gasteiger partial charge in [-0.2, -0.15) is 0 Å². The Labute approximate surface area is 104 Å². The van der Waals surface area contributed by atoms with Crippen molar-refractivity contribution in [3.8, 4) is 0 Å². The number of halogens is 2. The van der Waals surface area contributed by atoms with Crippen LogP contribution in [0.2, 0.25) is 0 Å². The molecular formula is C15H12F2O. The maximum absolute atomic E-state index is 13.6. The number of rotatable bonds is 1. The van der Waals surface area contributed by atoms with E-state index in [1.165, 1.54) is 18.2 Å². The first-order valence-electron chi connectivity index (χ1n) is 5.87. The Bertz CT molecular complexity index is 592. The molecule has 1 aliphatic rings. The second kappa shape index (κ2) is 3.89. The zero-order valence-electron chi connectivity index (χ0n) is 9.66. The van der Waals surface area contributed by atoms with Gasteiger partial charge < -0.3 is 5.11 Å². The normalized spacial score (nSPS) is 21.9. The van der Waals surface area contributed by atoms with Crippen LogP contribution in [-0.2, 0) is 12.0 Å². The van der Waals surface area contributed by atoms with Crippen LogP contribution in [0.25, 0.3) is 0 Å². The van der Waals surface area contributed by atoms with Crippen LogP contribution in [0.3, 0.4) is 0 Å². The number of hydrogen-bond donors (Lipinski definition) is 1. The second-order valence-corrected chi connectivity index (χ2v) is 4.63. The van der Waals surface area contributed by atoms with Crippen molar-refractivity contribution in [3.05, 3.63) is 70.8 Å². The minimum atomic E-state index is -1.20. The van der Waals surface area contributed by atoms with Crippen LogP contribution >= 0.6 is 0 Å². The molecule has 1 N–H and O–H groups in total. The Hall–Kier alpha value is -1.74. The van der Waals surface area contributed by atoms with Gasteiger partial charge in [-0.3, -0.25) is 0 Å². The zero-order chi connectivity index (χ0) is 12.8. The molecule has 0 spiro atoms. The Morgan fingerprint density at radius 1 is 1.00 bits per heavy atom. The Morgan fingerprint density at radius 3 is 2.44 bits per heavy atom. The van der Waals surface area contributed by atoms with E-state index in [0.717, 1.165) is 0 Å². The summed E-state index contributed by atoms with van der Waals surface area (Å²) >= 11 is 0. The third kappa shape index (κ3) is 1.55. The smallest absolute Gasteiger partial charge is 0.126 e. The summed E-state index contributed by atoms with van der Waals surface area (Å²) in [5.74, 6) is -0.634. The molecule has 0 fully saturated rings. The van der Waals surface area contributed by atoms with Crippen LogP contribution in [-0.4, -0.2) is 5.11 Å². The third-order valence-electron chi connectivity index (χ3n) is 3.62. The predicted molar refractivity (Wildman–Crippen MR) is 64.1 cm³/mol. The van der Waals surface area contributed by atoms with Crippen molar-refractivity contribution in [3.63, 3.8) is 0 Å². The highest BCUT2D eigenvalue weighted by molar-refractivity contribution is 5.45. The summed E-state index contributed by atoms with van der Waals surface area (Å²) in [5, 5.41) is 10.7. The average molecular weight is 246 g/mol. The van der Waals surface area contributed by atoms with E-state index < -0.39 is 5.60 Å². The monoisotopic (exact) mass is 246 g/mol. The number of benzene rings is 2. The highest BCUT2D eigenvalue weighted by Gasteiger charge is 2.39. The van der Waals surface area contributed by atoms with Gasteiger partial charge >= 0.3 is 0 Å². The molecule has 0 saturated carbocycles. The van der Waals surface area contributed by atoms with Gasteiger partial charge in [-0.15, -0.1) is 0 Å².